The number of hydrogen-bond donors (Lipinski definition) is 3. The number of nitrogens with two attached hydrogens (primary N) is 1. The van der Waals surface area contributed by atoms with Gasteiger partial charge in [-0.25, -0.2) is 9.18 Å². The van der Waals surface area contributed by atoms with Crippen molar-refractivity contribution >= 4 is 74.6 Å². The first-order valence-electron chi connectivity index (χ1n) is 9.64. The molecule has 11 heteroatoms. The molecule has 1 atom stereocenters. The van der Waals surface area contributed by atoms with E-state index in [9.17, 15) is 19.2 Å². The molecule has 2 amide bonds. The Kier molecular flexibility index (Phi) is 6.99. The van der Waals surface area contributed by atoms with Gasteiger partial charge in [-0.2, -0.15) is 5.26 Å². The van der Waals surface area contributed by atoms with Gasteiger partial charge in [-0.1, -0.05) is 22.0 Å². The molecule has 0 aliphatic heterocycles. The summed E-state index contributed by atoms with van der Waals surface area (Å²) < 4.78 is 20.8. The van der Waals surface area contributed by atoms with E-state index in [-0.39, 0.29) is 32.4 Å². The summed E-state index contributed by atoms with van der Waals surface area (Å²) in [6, 6.07) is 6.47. The average molecular weight is 551 g/mol. The van der Waals surface area contributed by atoms with E-state index in [0.29, 0.717) is 26.3 Å². The molecule has 0 saturated carbocycles. The van der Waals surface area contributed by atoms with Crippen molar-refractivity contribution in [2.24, 2.45) is 0 Å². The predicted octanol–water partition coefficient (Wildman–Crippen LogP) is 5.13. The van der Waals surface area contributed by atoms with Gasteiger partial charge in [-0.3, -0.25) is 10.1 Å². The maximum atomic E-state index is 14.8. The molecule has 0 spiro atoms. The van der Waals surface area contributed by atoms with Crippen molar-refractivity contribution in [2.75, 3.05) is 18.1 Å². The van der Waals surface area contributed by atoms with Gasteiger partial charge in [0.05, 0.1) is 21.5 Å². The van der Waals surface area contributed by atoms with E-state index < -0.39 is 17.5 Å². The minimum Gasteiger partial charge on any atom is -0.444 e. The van der Waals surface area contributed by atoms with Gasteiger partial charge in [0.25, 0.3) is 5.91 Å². The summed E-state index contributed by atoms with van der Waals surface area (Å²) in [6.07, 6.45) is -0.750. The average Bonchev–Trinajstić information content (AvgIpc) is 3.09. The number of thiophene rings is 1. The largest absolute Gasteiger partial charge is 0.444 e. The van der Waals surface area contributed by atoms with Crippen LogP contribution in [0.4, 0.5) is 19.9 Å². The third-order valence-electron chi connectivity index (χ3n) is 4.62. The molecule has 3 rings (SSSR count). The maximum absolute atomic E-state index is 14.8. The summed E-state index contributed by atoms with van der Waals surface area (Å²) in [5.74, 6) is -0.895. The number of ether oxygens (including phenoxy) is 1. The van der Waals surface area contributed by atoms with Crippen LogP contribution in [-0.2, 0) is 4.74 Å². The molecule has 172 valence electrons. The smallest absolute Gasteiger partial charge is 0.412 e. The highest BCUT2D eigenvalue weighted by molar-refractivity contribution is 9.10. The number of fused-ring (bicyclic) bond motifs is 1. The monoisotopic (exact) mass is 550 g/mol. The van der Waals surface area contributed by atoms with E-state index in [4.69, 9.17) is 10.5 Å². The number of halogens is 2. The fraction of sp³-hybridized carbons (Fsp3) is 0.227. The minimum atomic E-state index is -0.750. The molecule has 0 bridgehead atoms. The van der Waals surface area contributed by atoms with Crippen molar-refractivity contribution in [3.05, 3.63) is 39.6 Å². The van der Waals surface area contributed by atoms with Crippen molar-refractivity contribution in [1.29, 1.82) is 5.26 Å². The van der Waals surface area contributed by atoms with Crippen LogP contribution in [0.5, 0.6) is 0 Å². The van der Waals surface area contributed by atoms with E-state index in [2.05, 4.69) is 41.9 Å². The second kappa shape index (κ2) is 9.26. The Morgan fingerprint density at radius 1 is 1.33 bits per heavy atom. The number of nitriles is 1. The lowest BCUT2D eigenvalue weighted by Crippen LogP contribution is -2.27. The minimum absolute atomic E-state index is 0.0978. The van der Waals surface area contributed by atoms with Gasteiger partial charge in [0.2, 0.25) is 0 Å². The third kappa shape index (κ3) is 4.81. The van der Waals surface area contributed by atoms with Gasteiger partial charge in [-0.05, 0) is 38.5 Å². The van der Waals surface area contributed by atoms with Gasteiger partial charge in [0, 0.05) is 27.8 Å². The SMILES string of the molecule is CNC(=O)c1cc(Br)c(-c2ccc(F)c3sc(NC(=O)OC(C)(C)C)c(C#N)c23)c(P)c1N. The van der Waals surface area contributed by atoms with Crippen molar-refractivity contribution in [2.45, 2.75) is 26.4 Å². The summed E-state index contributed by atoms with van der Waals surface area (Å²) in [6.45, 7) is 5.14. The Bertz CT molecular complexity index is 1340. The fourth-order valence-corrected chi connectivity index (χ4v) is 5.65. The van der Waals surface area contributed by atoms with Crippen LogP contribution >= 0.6 is 36.5 Å². The van der Waals surface area contributed by atoms with Gasteiger partial charge < -0.3 is 15.8 Å². The summed E-state index contributed by atoms with van der Waals surface area (Å²) in [4.78, 5) is 24.5. The van der Waals surface area contributed by atoms with Gasteiger partial charge in [0.1, 0.15) is 22.5 Å². The number of rotatable bonds is 3. The molecular weight excluding hydrogens is 530 g/mol. The van der Waals surface area contributed by atoms with E-state index in [1.54, 1.807) is 26.8 Å². The first-order chi connectivity index (χ1) is 15.4. The van der Waals surface area contributed by atoms with Gasteiger partial charge >= 0.3 is 6.09 Å². The first kappa shape index (κ1) is 24.9. The Morgan fingerprint density at radius 2 is 2.00 bits per heavy atom. The lowest BCUT2D eigenvalue weighted by atomic mass is 9.97. The molecule has 33 heavy (non-hydrogen) atoms. The predicted molar refractivity (Wildman–Crippen MR) is 137 cm³/mol. The van der Waals surface area contributed by atoms with Crippen LogP contribution in [0.25, 0.3) is 21.2 Å². The highest BCUT2D eigenvalue weighted by Gasteiger charge is 2.25. The summed E-state index contributed by atoms with van der Waals surface area (Å²) in [5, 5.41) is 16.0. The van der Waals surface area contributed by atoms with Crippen LogP contribution in [0.2, 0.25) is 0 Å². The van der Waals surface area contributed by atoms with Crippen molar-refractivity contribution in [3.63, 3.8) is 0 Å². The van der Waals surface area contributed by atoms with Gasteiger partial charge in [0.15, 0.2) is 0 Å². The van der Waals surface area contributed by atoms with Crippen LogP contribution in [0.1, 0.15) is 36.7 Å². The summed E-state index contributed by atoms with van der Waals surface area (Å²) in [7, 11) is 4.00. The number of nitrogens with zero attached hydrogens (tertiary/aromatic N) is 1. The topological polar surface area (TPSA) is 117 Å². The van der Waals surface area contributed by atoms with Crippen LogP contribution in [-0.4, -0.2) is 24.6 Å². The molecule has 2 aromatic carbocycles. The summed E-state index contributed by atoms with van der Waals surface area (Å²) in [5.41, 5.74) is 7.18. The van der Waals surface area contributed by atoms with Crippen molar-refractivity contribution < 1.29 is 18.7 Å². The Labute approximate surface area is 204 Å². The lowest BCUT2D eigenvalue weighted by molar-refractivity contribution is 0.0636. The zero-order valence-corrected chi connectivity index (χ0v) is 21.8. The second-order valence-corrected chi connectivity index (χ2v) is 10.5. The van der Waals surface area contributed by atoms with E-state index >= 15 is 0 Å². The molecule has 1 unspecified atom stereocenters. The zero-order chi connectivity index (χ0) is 24.7. The Morgan fingerprint density at radius 3 is 2.58 bits per heavy atom. The molecule has 7 nitrogen and oxygen atoms in total. The molecule has 1 heterocycles. The molecule has 1 aromatic heterocycles. The van der Waals surface area contributed by atoms with E-state index in [0.717, 1.165) is 11.3 Å². The molecule has 3 aromatic rings. The van der Waals surface area contributed by atoms with Crippen molar-refractivity contribution in [3.8, 4) is 17.2 Å². The number of anilines is 2. The lowest BCUT2D eigenvalue weighted by Gasteiger charge is -2.19. The zero-order valence-electron chi connectivity index (χ0n) is 18.2. The van der Waals surface area contributed by atoms with Crippen molar-refractivity contribution in [1.82, 2.24) is 5.32 Å². The van der Waals surface area contributed by atoms with Crippen LogP contribution in [0, 0.1) is 17.1 Å². The molecular formula is C22H21BrFN4O3PS. The number of hydrogen-bond acceptors (Lipinski definition) is 6. The molecule has 0 radical (unpaired) electrons. The van der Waals surface area contributed by atoms with Crippen LogP contribution < -0.4 is 21.7 Å². The molecule has 0 fully saturated rings. The highest BCUT2D eigenvalue weighted by Crippen LogP contribution is 2.44. The highest BCUT2D eigenvalue weighted by atomic mass is 79.9. The maximum Gasteiger partial charge on any atom is 0.412 e. The first-order valence-corrected chi connectivity index (χ1v) is 11.8. The van der Waals surface area contributed by atoms with Crippen LogP contribution in [0.15, 0.2) is 22.7 Å². The Balaban J connectivity index is 2.27. The number of carbonyl (C=O) groups is 2. The fourth-order valence-electron chi connectivity index (χ4n) is 3.25. The summed E-state index contributed by atoms with van der Waals surface area (Å²) >= 11 is 4.42. The van der Waals surface area contributed by atoms with E-state index in [1.807, 2.05) is 0 Å². The normalized spacial score (nSPS) is 11.2. The Hall–Kier alpha value is -2.73. The molecule has 0 aliphatic carbocycles. The third-order valence-corrected chi connectivity index (χ3v) is 6.96. The number of nitrogens with one attached hydrogen (secondary N) is 2. The number of amides is 2. The molecule has 0 aliphatic rings. The van der Waals surface area contributed by atoms with Gasteiger partial charge in [-0.15, -0.1) is 20.6 Å². The molecule has 0 saturated heterocycles. The molecule has 4 N–H and O–H groups in total. The standard InChI is InChI=1S/C22H21BrFN4O3PS/c1-22(2,3)31-21(30)28-20-11(8-25)14-9(5-6-13(24)18(14)33-20)15-12(23)7-10(19(29)27-4)16(26)17(15)32/h5-7H,26,32H2,1-4H3,(H,27,29)(H,28,30). The second-order valence-electron chi connectivity index (χ2n) is 8.03. The quantitative estimate of drug-likeness (QED) is 0.308. The number of nitrogen functional groups attached to an aromatic ring is 1. The van der Waals surface area contributed by atoms with E-state index in [1.165, 1.54) is 19.2 Å². The number of benzene rings is 2. The number of carbonyl (C=O) groups excluding carboxylic acids is 2. The van der Waals surface area contributed by atoms with Crippen LogP contribution in [0.3, 0.4) is 0 Å².